The molecule has 0 fully saturated rings. The van der Waals surface area contributed by atoms with Gasteiger partial charge in [-0.05, 0) is 40.8 Å². The summed E-state index contributed by atoms with van der Waals surface area (Å²) in [5.41, 5.74) is 0.682. The summed E-state index contributed by atoms with van der Waals surface area (Å²) in [4.78, 5) is 11.6. The summed E-state index contributed by atoms with van der Waals surface area (Å²) in [7, 11) is 0. The van der Waals surface area contributed by atoms with Gasteiger partial charge in [-0.15, -0.1) is 11.6 Å². The quantitative estimate of drug-likeness (QED) is 0.512. The van der Waals surface area contributed by atoms with Crippen molar-refractivity contribution in [2.45, 2.75) is 0 Å². The highest BCUT2D eigenvalue weighted by Crippen LogP contribution is 2.07. The maximum Gasteiger partial charge on any atom is 0.251 e. The monoisotopic (exact) mass is 335 g/mol. The van der Waals surface area contributed by atoms with Crippen molar-refractivity contribution in [3.63, 3.8) is 0 Å². The first kappa shape index (κ1) is 12.5. The smallest absolute Gasteiger partial charge is 0.251 e. The van der Waals surface area contributed by atoms with Gasteiger partial charge in [0, 0.05) is 21.6 Å². The molecule has 0 spiro atoms. The number of carbonyl (C=O) groups is 1. The first-order valence-electron chi connectivity index (χ1n) is 4.49. The van der Waals surface area contributed by atoms with E-state index >= 15 is 0 Å². The first-order valence-corrected chi connectivity index (χ1v) is 6.10. The molecule has 0 atom stereocenters. The van der Waals surface area contributed by atoms with Gasteiger partial charge in [-0.1, -0.05) is 18.2 Å². The van der Waals surface area contributed by atoms with Crippen LogP contribution in [0.4, 0.5) is 0 Å². The van der Waals surface area contributed by atoms with Crippen molar-refractivity contribution in [2.24, 2.45) is 0 Å². The van der Waals surface area contributed by atoms with Crippen LogP contribution in [0.1, 0.15) is 10.4 Å². The summed E-state index contributed by atoms with van der Waals surface area (Å²) >= 11 is 7.63. The van der Waals surface area contributed by atoms with Gasteiger partial charge in [-0.3, -0.25) is 4.79 Å². The number of carbonyl (C=O) groups excluding carboxylic acids is 1. The number of amides is 1. The van der Waals surface area contributed by atoms with E-state index in [2.05, 4.69) is 27.9 Å². The Labute approximate surface area is 108 Å². The maximum atomic E-state index is 11.6. The molecule has 2 nitrogen and oxygen atoms in total. The molecule has 0 unspecified atom stereocenters. The number of benzene rings is 1. The van der Waals surface area contributed by atoms with Gasteiger partial charge in [-0.2, -0.15) is 0 Å². The third-order valence-corrected chi connectivity index (χ3v) is 2.57. The first-order chi connectivity index (χ1) is 7.24. The van der Waals surface area contributed by atoms with Crippen LogP contribution in [0.2, 0.25) is 0 Å². The minimum absolute atomic E-state index is 0.0623. The molecule has 4 heteroatoms. The van der Waals surface area contributed by atoms with Gasteiger partial charge in [0.15, 0.2) is 0 Å². The van der Waals surface area contributed by atoms with Gasteiger partial charge in [0.25, 0.3) is 5.91 Å². The molecule has 0 bridgehead atoms. The Morgan fingerprint density at radius 3 is 2.93 bits per heavy atom. The minimum atomic E-state index is -0.0623. The van der Waals surface area contributed by atoms with Gasteiger partial charge in [0.05, 0.1) is 0 Å². The molecule has 0 aliphatic rings. The van der Waals surface area contributed by atoms with Gasteiger partial charge < -0.3 is 5.32 Å². The number of alkyl halides is 1. The Hall–Kier alpha value is -0.550. The Bertz CT molecular complexity index is 365. The normalized spacial score (nSPS) is 10.5. The summed E-state index contributed by atoms with van der Waals surface area (Å²) in [6.07, 6.45) is 3.63. The average Bonchev–Trinajstić information content (AvgIpc) is 2.24. The molecule has 0 aliphatic heterocycles. The zero-order chi connectivity index (χ0) is 11.1. The number of nitrogens with one attached hydrogen (secondary N) is 1. The van der Waals surface area contributed by atoms with E-state index in [1.54, 1.807) is 12.1 Å². The number of rotatable bonds is 4. The molecule has 1 rings (SSSR count). The Kier molecular flexibility index (Phi) is 5.71. The molecule has 80 valence electrons. The van der Waals surface area contributed by atoms with Crippen LogP contribution >= 0.6 is 34.2 Å². The highest BCUT2D eigenvalue weighted by molar-refractivity contribution is 14.1. The van der Waals surface area contributed by atoms with Crippen LogP contribution in [0.3, 0.4) is 0 Å². The number of hydrogen-bond acceptors (Lipinski definition) is 1. The third-order valence-electron chi connectivity index (χ3n) is 1.72. The number of halogens is 2. The van der Waals surface area contributed by atoms with E-state index in [9.17, 15) is 4.79 Å². The van der Waals surface area contributed by atoms with Crippen LogP contribution in [0.15, 0.2) is 36.4 Å². The van der Waals surface area contributed by atoms with E-state index in [4.69, 9.17) is 11.6 Å². The van der Waals surface area contributed by atoms with E-state index in [1.807, 2.05) is 24.3 Å². The molecular formula is C11H11ClINO. The molecule has 0 radical (unpaired) electrons. The number of hydrogen-bond donors (Lipinski definition) is 1. The predicted molar refractivity (Wildman–Crippen MR) is 71.4 cm³/mol. The zero-order valence-electron chi connectivity index (χ0n) is 8.04. The average molecular weight is 336 g/mol. The van der Waals surface area contributed by atoms with Crippen molar-refractivity contribution < 1.29 is 4.79 Å². The van der Waals surface area contributed by atoms with Crippen molar-refractivity contribution in [1.82, 2.24) is 5.32 Å². The molecule has 1 N–H and O–H groups in total. The molecule has 1 amide bonds. The summed E-state index contributed by atoms with van der Waals surface area (Å²) in [5, 5.41) is 2.77. The summed E-state index contributed by atoms with van der Waals surface area (Å²) in [6, 6.07) is 7.46. The van der Waals surface area contributed by atoms with Gasteiger partial charge in [-0.25, -0.2) is 0 Å². The zero-order valence-corrected chi connectivity index (χ0v) is 11.0. The molecule has 0 saturated carbocycles. The van der Waals surface area contributed by atoms with Gasteiger partial charge in [0.1, 0.15) is 0 Å². The van der Waals surface area contributed by atoms with Crippen LogP contribution < -0.4 is 5.32 Å². The molecule has 1 aromatic carbocycles. The topological polar surface area (TPSA) is 29.1 Å². The van der Waals surface area contributed by atoms with E-state index in [-0.39, 0.29) is 5.91 Å². The van der Waals surface area contributed by atoms with E-state index < -0.39 is 0 Å². The molecule has 0 saturated heterocycles. The Morgan fingerprint density at radius 2 is 2.27 bits per heavy atom. The van der Waals surface area contributed by atoms with E-state index in [0.29, 0.717) is 18.0 Å². The lowest BCUT2D eigenvalue weighted by Crippen LogP contribution is -2.23. The van der Waals surface area contributed by atoms with Gasteiger partial charge >= 0.3 is 0 Å². The van der Waals surface area contributed by atoms with Crippen molar-refractivity contribution in [3.8, 4) is 0 Å². The fourth-order valence-corrected chi connectivity index (χ4v) is 1.70. The largest absolute Gasteiger partial charge is 0.349 e. The lowest BCUT2D eigenvalue weighted by molar-refractivity contribution is 0.0958. The predicted octanol–water partition coefficient (Wildman–Crippen LogP) is 2.82. The SMILES string of the molecule is O=C(NC/C=C/CCl)c1cccc(I)c1. The molecule has 0 aromatic heterocycles. The highest BCUT2D eigenvalue weighted by Gasteiger charge is 2.02. The molecule has 15 heavy (non-hydrogen) atoms. The van der Waals surface area contributed by atoms with E-state index in [0.717, 1.165) is 3.57 Å². The molecule has 0 aliphatic carbocycles. The minimum Gasteiger partial charge on any atom is -0.349 e. The maximum absolute atomic E-state index is 11.6. The van der Waals surface area contributed by atoms with Crippen LogP contribution in [0, 0.1) is 3.57 Å². The second-order valence-electron chi connectivity index (χ2n) is 2.85. The van der Waals surface area contributed by atoms with Crippen molar-refractivity contribution in [3.05, 3.63) is 45.6 Å². The molecule has 1 aromatic rings. The fraction of sp³-hybridized carbons (Fsp3) is 0.182. The second kappa shape index (κ2) is 6.85. The lowest BCUT2D eigenvalue weighted by Gasteiger charge is -2.02. The van der Waals surface area contributed by atoms with Gasteiger partial charge in [0.2, 0.25) is 0 Å². The molecular weight excluding hydrogens is 324 g/mol. The highest BCUT2D eigenvalue weighted by atomic mass is 127. The summed E-state index contributed by atoms with van der Waals surface area (Å²) in [5.74, 6) is 0.409. The lowest BCUT2D eigenvalue weighted by atomic mass is 10.2. The van der Waals surface area contributed by atoms with Crippen LogP contribution in [-0.2, 0) is 0 Å². The van der Waals surface area contributed by atoms with Crippen LogP contribution in [0.5, 0.6) is 0 Å². The standard InChI is InChI=1S/C11H11ClINO/c12-6-1-2-7-14-11(15)9-4-3-5-10(13)8-9/h1-5,8H,6-7H2,(H,14,15)/b2-1+. The summed E-state index contributed by atoms with van der Waals surface area (Å²) in [6.45, 7) is 0.511. The van der Waals surface area contributed by atoms with Crippen molar-refractivity contribution in [1.29, 1.82) is 0 Å². The Morgan fingerprint density at radius 1 is 1.47 bits per heavy atom. The summed E-state index contributed by atoms with van der Waals surface area (Å²) < 4.78 is 1.05. The second-order valence-corrected chi connectivity index (χ2v) is 4.40. The fourth-order valence-electron chi connectivity index (χ4n) is 1.03. The van der Waals surface area contributed by atoms with Crippen LogP contribution in [-0.4, -0.2) is 18.3 Å². The Balaban J connectivity index is 2.50. The number of allylic oxidation sites excluding steroid dienone is 1. The molecule has 0 heterocycles. The van der Waals surface area contributed by atoms with Crippen LogP contribution in [0.25, 0.3) is 0 Å². The van der Waals surface area contributed by atoms with Crippen molar-refractivity contribution >= 4 is 40.1 Å². The van der Waals surface area contributed by atoms with E-state index in [1.165, 1.54) is 0 Å². The third kappa shape index (κ3) is 4.66. The van der Waals surface area contributed by atoms with Crippen molar-refractivity contribution in [2.75, 3.05) is 12.4 Å².